The van der Waals surface area contributed by atoms with E-state index in [9.17, 15) is 5.11 Å². The van der Waals surface area contributed by atoms with E-state index in [-0.39, 0.29) is 0 Å². The van der Waals surface area contributed by atoms with Gasteiger partial charge in [-0.1, -0.05) is 29.8 Å². The lowest BCUT2D eigenvalue weighted by atomic mass is 10.1. The van der Waals surface area contributed by atoms with Gasteiger partial charge in [-0.25, -0.2) is 0 Å². The van der Waals surface area contributed by atoms with Crippen LogP contribution in [0.2, 0.25) is 5.02 Å². The summed E-state index contributed by atoms with van der Waals surface area (Å²) < 4.78 is 0. The standard InChI is InChI=1S/C13H14ClNOS/c14-12-4-2-1-3-11(12)13(16)8-15-7-10-5-6-17-9-10/h1-6,9,13,15-16H,7-8H2. The molecular weight excluding hydrogens is 254 g/mol. The highest BCUT2D eigenvalue weighted by atomic mass is 35.5. The van der Waals surface area contributed by atoms with E-state index >= 15 is 0 Å². The minimum atomic E-state index is -0.567. The number of aliphatic hydroxyl groups is 1. The summed E-state index contributed by atoms with van der Waals surface area (Å²) in [4.78, 5) is 0. The molecule has 0 aliphatic heterocycles. The zero-order chi connectivity index (χ0) is 12.1. The van der Waals surface area contributed by atoms with Crippen molar-refractivity contribution in [2.24, 2.45) is 0 Å². The highest BCUT2D eigenvalue weighted by Crippen LogP contribution is 2.21. The SMILES string of the molecule is OC(CNCc1ccsc1)c1ccccc1Cl. The highest BCUT2D eigenvalue weighted by molar-refractivity contribution is 7.07. The molecule has 2 N–H and O–H groups in total. The van der Waals surface area contributed by atoms with E-state index in [2.05, 4.69) is 16.8 Å². The third-order valence-corrected chi connectivity index (χ3v) is 3.59. The second-order valence-corrected chi connectivity index (χ2v) is 4.99. The van der Waals surface area contributed by atoms with Crippen molar-refractivity contribution >= 4 is 22.9 Å². The first kappa shape index (κ1) is 12.6. The summed E-state index contributed by atoms with van der Waals surface area (Å²) in [7, 11) is 0. The van der Waals surface area contributed by atoms with E-state index in [0.29, 0.717) is 11.6 Å². The molecule has 0 aliphatic carbocycles. The van der Waals surface area contributed by atoms with Crippen LogP contribution in [0.5, 0.6) is 0 Å². The Hall–Kier alpha value is -0.870. The number of hydrogen-bond donors (Lipinski definition) is 2. The van der Waals surface area contributed by atoms with Crippen LogP contribution in [0.1, 0.15) is 17.2 Å². The summed E-state index contributed by atoms with van der Waals surface area (Å²) in [6, 6.07) is 9.44. The molecule has 0 radical (unpaired) electrons. The average molecular weight is 268 g/mol. The second-order valence-electron chi connectivity index (χ2n) is 3.80. The first-order valence-corrected chi connectivity index (χ1v) is 6.73. The third kappa shape index (κ3) is 3.54. The van der Waals surface area contributed by atoms with Gasteiger partial charge >= 0.3 is 0 Å². The summed E-state index contributed by atoms with van der Waals surface area (Å²) in [5, 5.41) is 17.9. The lowest BCUT2D eigenvalue weighted by Gasteiger charge is -2.13. The summed E-state index contributed by atoms with van der Waals surface area (Å²) >= 11 is 7.69. The zero-order valence-electron chi connectivity index (χ0n) is 9.27. The quantitative estimate of drug-likeness (QED) is 0.872. The monoisotopic (exact) mass is 267 g/mol. The van der Waals surface area contributed by atoms with E-state index < -0.39 is 6.10 Å². The number of halogens is 1. The van der Waals surface area contributed by atoms with Crippen LogP contribution in [0.15, 0.2) is 41.1 Å². The molecule has 0 saturated heterocycles. The minimum Gasteiger partial charge on any atom is -0.387 e. The maximum atomic E-state index is 9.99. The Labute approximate surface area is 110 Å². The van der Waals surface area contributed by atoms with Crippen molar-refractivity contribution in [2.45, 2.75) is 12.6 Å². The predicted octanol–water partition coefficient (Wildman–Crippen LogP) is 3.22. The molecule has 0 fully saturated rings. The first-order chi connectivity index (χ1) is 8.27. The Morgan fingerprint density at radius 3 is 2.82 bits per heavy atom. The van der Waals surface area contributed by atoms with Gasteiger partial charge in [0, 0.05) is 23.7 Å². The van der Waals surface area contributed by atoms with Crippen LogP contribution in [0.3, 0.4) is 0 Å². The van der Waals surface area contributed by atoms with E-state index in [0.717, 1.165) is 12.1 Å². The van der Waals surface area contributed by atoms with Gasteiger partial charge in [0.15, 0.2) is 0 Å². The van der Waals surface area contributed by atoms with Crippen LogP contribution in [-0.4, -0.2) is 11.7 Å². The van der Waals surface area contributed by atoms with Crippen LogP contribution in [0.25, 0.3) is 0 Å². The molecule has 4 heteroatoms. The number of hydrogen-bond acceptors (Lipinski definition) is 3. The fraction of sp³-hybridized carbons (Fsp3) is 0.231. The van der Waals surface area contributed by atoms with E-state index in [1.54, 1.807) is 17.4 Å². The van der Waals surface area contributed by atoms with Crippen molar-refractivity contribution in [2.75, 3.05) is 6.54 Å². The van der Waals surface area contributed by atoms with Gasteiger partial charge in [0.1, 0.15) is 0 Å². The molecule has 17 heavy (non-hydrogen) atoms. The molecule has 2 aromatic rings. The summed E-state index contributed by atoms with van der Waals surface area (Å²) in [6.45, 7) is 1.27. The van der Waals surface area contributed by atoms with Gasteiger partial charge in [-0.2, -0.15) is 11.3 Å². The Morgan fingerprint density at radius 1 is 1.29 bits per heavy atom. The van der Waals surface area contributed by atoms with Crippen LogP contribution in [0, 0.1) is 0 Å². The molecule has 2 nitrogen and oxygen atoms in total. The smallest absolute Gasteiger partial charge is 0.0928 e. The van der Waals surface area contributed by atoms with Crippen molar-refractivity contribution in [3.05, 3.63) is 57.2 Å². The molecule has 1 unspecified atom stereocenters. The van der Waals surface area contributed by atoms with E-state index in [1.807, 2.05) is 23.6 Å². The van der Waals surface area contributed by atoms with Gasteiger partial charge in [-0.05, 0) is 28.5 Å². The highest BCUT2D eigenvalue weighted by Gasteiger charge is 2.10. The van der Waals surface area contributed by atoms with Gasteiger partial charge in [-0.15, -0.1) is 0 Å². The second kappa shape index (κ2) is 6.17. The molecule has 0 bridgehead atoms. The molecule has 0 amide bonds. The Morgan fingerprint density at radius 2 is 2.12 bits per heavy atom. The maximum Gasteiger partial charge on any atom is 0.0928 e. The molecule has 90 valence electrons. The van der Waals surface area contributed by atoms with Crippen molar-refractivity contribution in [3.63, 3.8) is 0 Å². The number of nitrogens with one attached hydrogen (secondary N) is 1. The van der Waals surface area contributed by atoms with Gasteiger partial charge in [0.25, 0.3) is 0 Å². The molecular formula is C13H14ClNOS. The van der Waals surface area contributed by atoms with Crippen LogP contribution in [-0.2, 0) is 6.54 Å². The molecule has 1 aromatic heterocycles. The number of rotatable bonds is 5. The molecule has 0 spiro atoms. The molecule has 1 atom stereocenters. The summed E-state index contributed by atoms with van der Waals surface area (Å²) in [6.07, 6.45) is -0.567. The average Bonchev–Trinajstić information content (AvgIpc) is 2.82. The molecule has 2 rings (SSSR count). The fourth-order valence-electron chi connectivity index (χ4n) is 1.60. The Balaban J connectivity index is 1.85. The predicted molar refractivity (Wildman–Crippen MR) is 72.4 cm³/mol. The lowest BCUT2D eigenvalue weighted by Crippen LogP contribution is -2.21. The van der Waals surface area contributed by atoms with E-state index in [1.165, 1.54) is 5.56 Å². The number of benzene rings is 1. The van der Waals surface area contributed by atoms with Gasteiger partial charge in [-0.3, -0.25) is 0 Å². The largest absolute Gasteiger partial charge is 0.387 e. The molecule has 0 aliphatic rings. The van der Waals surface area contributed by atoms with Crippen LogP contribution in [0.4, 0.5) is 0 Å². The van der Waals surface area contributed by atoms with E-state index in [4.69, 9.17) is 11.6 Å². The maximum absolute atomic E-state index is 9.99. The molecule has 0 saturated carbocycles. The Kier molecular flexibility index (Phi) is 4.57. The molecule has 1 aromatic carbocycles. The van der Waals surface area contributed by atoms with Gasteiger partial charge in [0.2, 0.25) is 0 Å². The fourth-order valence-corrected chi connectivity index (χ4v) is 2.53. The molecule has 1 heterocycles. The number of thiophene rings is 1. The summed E-state index contributed by atoms with van der Waals surface area (Å²) in [5.41, 5.74) is 2.01. The number of aliphatic hydroxyl groups excluding tert-OH is 1. The minimum absolute atomic E-state index is 0.500. The normalized spacial score (nSPS) is 12.6. The van der Waals surface area contributed by atoms with Crippen LogP contribution < -0.4 is 5.32 Å². The summed E-state index contributed by atoms with van der Waals surface area (Å²) in [5.74, 6) is 0. The van der Waals surface area contributed by atoms with Gasteiger partial charge in [0.05, 0.1) is 6.10 Å². The zero-order valence-corrected chi connectivity index (χ0v) is 10.8. The topological polar surface area (TPSA) is 32.3 Å². The van der Waals surface area contributed by atoms with Crippen LogP contribution >= 0.6 is 22.9 Å². The Bertz CT molecular complexity index is 458. The van der Waals surface area contributed by atoms with Crippen molar-refractivity contribution in [1.82, 2.24) is 5.32 Å². The first-order valence-electron chi connectivity index (χ1n) is 5.41. The van der Waals surface area contributed by atoms with Crippen molar-refractivity contribution < 1.29 is 5.11 Å². The van der Waals surface area contributed by atoms with Gasteiger partial charge < -0.3 is 10.4 Å². The van der Waals surface area contributed by atoms with Crippen molar-refractivity contribution in [1.29, 1.82) is 0 Å². The van der Waals surface area contributed by atoms with Crippen molar-refractivity contribution in [3.8, 4) is 0 Å². The lowest BCUT2D eigenvalue weighted by molar-refractivity contribution is 0.174. The third-order valence-electron chi connectivity index (χ3n) is 2.51.